The van der Waals surface area contributed by atoms with E-state index in [-0.39, 0.29) is 10.9 Å². The minimum Gasteiger partial charge on any atom is -0.384 e. The molecule has 0 fully saturated rings. The number of carbonyl (C=O) groups excluding carboxylic acids is 1. The van der Waals surface area contributed by atoms with Crippen LogP contribution in [0.2, 0.25) is 5.02 Å². The molecule has 0 aromatic heterocycles. The van der Waals surface area contributed by atoms with E-state index in [1.54, 1.807) is 31.0 Å². The third kappa shape index (κ3) is 4.47. The summed E-state index contributed by atoms with van der Waals surface area (Å²) in [5.74, 6) is -0.0261. The molecule has 0 saturated heterocycles. The van der Waals surface area contributed by atoms with Gasteiger partial charge in [0.15, 0.2) is 0 Å². The third-order valence-corrected chi connectivity index (χ3v) is 4.18. The Morgan fingerprint density at radius 3 is 2.82 bits per heavy atom. The normalized spacial score (nSPS) is 10.5. The Balaban J connectivity index is 2.13. The number of amides is 1. The molecule has 2 aromatic rings. The van der Waals surface area contributed by atoms with Crippen LogP contribution in [0, 0.1) is 5.82 Å². The zero-order chi connectivity index (χ0) is 15.9. The van der Waals surface area contributed by atoms with Crippen molar-refractivity contribution in [3.8, 4) is 0 Å². The first-order valence-electron chi connectivity index (χ1n) is 6.59. The summed E-state index contributed by atoms with van der Waals surface area (Å²) in [6, 6.07) is 11.4. The molecule has 0 aliphatic carbocycles. The van der Waals surface area contributed by atoms with Crippen LogP contribution in [0.3, 0.4) is 0 Å². The molecule has 0 atom stereocenters. The fourth-order valence-corrected chi connectivity index (χ4v) is 2.93. The van der Waals surface area contributed by atoms with Crippen molar-refractivity contribution in [3.63, 3.8) is 0 Å². The quantitative estimate of drug-likeness (QED) is 0.623. The second-order valence-corrected chi connectivity index (χ2v) is 5.96. The lowest BCUT2D eigenvalue weighted by Gasteiger charge is -2.10. The van der Waals surface area contributed by atoms with Crippen molar-refractivity contribution >= 4 is 35.0 Å². The van der Waals surface area contributed by atoms with Crippen LogP contribution in [0.5, 0.6) is 0 Å². The third-order valence-electron chi connectivity index (χ3n) is 2.85. The summed E-state index contributed by atoms with van der Waals surface area (Å²) in [7, 11) is 1.64. The summed E-state index contributed by atoms with van der Waals surface area (Å²) < 4.78 is 18.1. The van der Waals surface area contributed by atoms with E-state index in [1.807, 2.05) is 12.1 Å². The van der Waals surface area contributed by atoms with Crippen LogP contribution < -0.4 is 5.32 Å². The van der Waals surface area contributed by atoms with Gasteiger partial charge in [0.2, 0.25) is 0 Å². The summed E-state index contributed by atoms with van der Waals surface area (Å²) in [6.07, 6.45) is 0. The van der Waals surface area contributed by atoms with E-state index < -0.39 is 5.82 Å². The van der Waals surface area contributed by atoms with Gasteiger partial charge in [0.1, 0.15) is 5.82 Å². The molecule has 0 spiro atoms. The van der Waals surface area contributed by atoms with Gasteiger partial charge in [-0.05, 0) is 30.3 Å². The number of hydrogen-bond acceptors (Lipinski definition) is 3. The second kappa shape index (κ2) is 8.17. The number of anilines is 1. The predicted molar refractivity (Wildman–Crippen MR) is 88.4 cm³/mol. The number of methoxy groups -OCH3 is 1. The lowest BCUT2D eigenvalue weighted by Crippen LogP contribution is -2.13. The van der Waals surface area contributed by atoms with E-state index in [0.717, 1.165) is 10.6 Å². The van der Waals surface area contributed by atoms with Crippen LogP contribution in [0.1, 0.15) is 10.4 Å². The van der Waals surface area contributed by atoms with E-state index in [0.29, 0.717) is 17.9 Å². The van der Waals surface area contributed by atoms with Gasteiger partial charge in [0, 0.05) is 23.4 Å². The topological polar surface area (TPSA) is 38.3 Å². The molecule has 0 saturated carbocycles. The second-order valence-electron chi connectivity index (χ2n) is 4.42. The number of halogens is 2. The van der Waals surface area contributed by atoms with Crippen LogP contribution in [0.25, 0.3) is 0 Å². The molecule has 1 amide bonds. The number of carbonyl (C=O) groups is 1. The average Bonchev–Trinajstić information content (AvgIpc) is 2.51. The van der Waals surface area contributed by atoms with Crippen molar-refractivity contribution < 1.29 is 13.9 Å². The lowest BCUT2D eigenvalue weighted by molar-refractivity contribution is 0.102. The molecule has 22 heavy (non-hydrogen) atoms. The van der Waals surface area contributed by atoms with Gasteiger partial charge in [-0.2, -0.15) is 0 Å². The minimum absolute atomic E-state index is 0.0273. The van der Waals surface area contributed by atoms with Gasteiger partial charge >= 0.3 is 0 Å². The van der Waals surface area contributed by atoms with Crippen molar-refractivity contribution in [1.29, 1.82) is 0 Å². The van der Waals surface area contributed by atoms with Crippen LogP contribution in [0.15, 0.2) is 47.4 Å². The molecule has 0 bridgehead atoms. The Morgan fingerprint density at radius 2 is 2.09 bits per heavy atom. The first-order valence-corrected chi connectivity index (χ1v) is 7.95. The van der Waals surface area contributed by atoms with Gasteiger partial charge in [-0.15, -0.1) is 11.8 Å². The number of rotatable bonds is 6. The number of nitrogens with one attached hydrogen (secondary N) is 1. The first kappa shape index (κ1) is 16.8. The minimum atomic E-state index is -0.518. The van der Waals surface area contributed by atoms with E-state index in [1.165, 1.54) is 18.2 Å². The highest BCUT2D eigenvalue weighted by Gasteiger charge is 2.12. The van der Waals surface area contributed by atoms with Crippen LogP contribution in [-0.4, -0.2) is 25.4 Å². The molecule has 0 unspecified atom stereocenters. The Labute approximate surface area is 137 Å². The van der Waals surface area contributed by atoms with Gasteiger partial charge in [-0.1, -0.05) is 23.7 Å². The molecule has 2 aromatic carbocycles. The van der Waals surface area contributed by atoms with Crippen LogP contribution in [0.4, 0.5) is 10.1 Å². The summed E-state index contributed by atoms with van der Waals surface area (Å²) in [5, 5.41) is 2.70. The van der Waals surface area contributed by atoms with Crippen molar-refractivity contribution in [2.24, 2.45) is 0 Å². The van der Waals surface area contributed by atoms with E-state index in [2.05, 4.69) is 5.32 Å². The molecule has 0 aliphatic rings. The Hall–Kier alpha value is -1.56. The zero-order valence-electron chi connectivity index (χ0n) is 11.9. The van der Waals surface area contributed by atoms with Crippen molar-refractivity contribution in [1.82, 2.24) is 0 Å². The maximum absolute atomic E-state index is 13.1. The van der Waals surface area contributed by atoms with E-state index in [9.17, 15) is 9.18 Å². The number of thioether (sulfide) groups is 1. The maximum atomic E-state index is 13.1. The fraction of sp³-hybridized carbons (Fsp3) is 0.188. The molecule has 116 valence electrons. The Kier molecular flexibility index (Phi) is 6.24. The smallest absolute Gasteiger partial charge is 0.256 e. The van der Waals surface area contributed by atoms with Crippen molar-refractivity contribution in [2.45, 2.75) is 4.90 Å². The molecule has 6 heteroatoms. The van der Waals surface area contributed by atoms with Gasteiger partial charge in [-0.25, -0.2) is 4.39 Å². The molecule has 0 radical (unpaired) electrons. The number of hydrogen-bond donors (Lipinski definition) is 1. The maximum Gasteiger partial charge on any atom is 0.256 e. The molecule has 0 heterocycles. The Morgan fingerprint density at radius 1 is 1.32 bits per heavy atom. The lowest BCUT2D eigenvalue weighted by atomic mass is 10.2. The van der Waals surface area contributed by atoms with Crippen molar-refractivity contribution in [2.75, 3.05) is 24.8 Å². The van der Waals surface area contributed by atoms with E-state index in [4.69, 9.17) is 16.3 Å². The number of ether oxygens (including phenoxy) is 1. The fourth-order valence-electron chi connectivity index (χ4n) is 1.79. The summed E-state index contributed by atoms with van der Waals surface area (Å²) in [6.45, 7) is 0.605. The molecule has 1 N–H and O–H groups in total. The molecule has 0 aliphatic heterocycles. The molecular weight excluding hydrogens is 325 g/mol. The summed E-state index contributed by atoms with van der Waals surface area (Å²) in [4.78, 5) is 13.2. The SMILES string of the molecule is COCCSc1ccccc1C(=O)Nc1ccc(F)c(Cl)c1. The van der Waals surface area contributed by atoms with Crippen LogP contribution in [-0.2, 0) is 4.74 Å². The molecular formula is C16H15ClFNO2S. The highest BCUT2D eigenvalue weighted by atomic mass is 35.5. The zero-order valence-corrected chi connectivity index (χ0v) is 13.5. The summed E-state index contributed by atoms with van der Waals surface area (Å²) in [5.41, 5.74) is 1.01. The standard InChI is InChI=1S/C16H15ClFNO2S/c1-21-8-9-22-15-5-3-2-4-12(15)16(20)19-11-6-7-14(18)13(17)10-11/h2-7,10H,8-9H2,1H3,(H,19,20). The Bertz CT molecular complexity index is 666. The monoisotopic (exact) mass is 339 g/mol. The van der Waals surface area contributed by atoms with Gasteiger partial charge in [0.05, 0.1) is 17.2 Å². The van der Waals surface area contributed by atoms with E-state index >= 15 is 0 Å². The molecule has 2 rings (SSSR count). The van der Waals surface area contributed by atoms with Gasteiger partial charge < -0.3 is 10.1 Å². The number of benzene rings is 2. The largest absolute Gasteiger partial charge is 0.384 e. The first-order chi connectivity index (χ1) is 10.6. The van der Waals surface area contributed by atoms with Gasteiger partial charge in [0.25, 0.3) is 5.91 Å². The highest BCUT2D eigenvalue weighted by molar-refractivity contribution is 7.99. The van der Waals surface area contributed by atoms with Crippen molar-refractivity contribution in [3.05, 3.63) is 58.9 Å². The summed E-state index contributed by atoms with van der Waals surface area (Å²) >= 11 is 7.26. The van der Waals surface area contributed by atoms with Gasteiger partial charge in [-0.3, -0.25) is 4.79 Å². The van der Waals surface area contributed by atoms with Crippen LogP contribution >= 0.6 is 23.4 Å². The average molecular weight is 340 g/mol. The molecule has 3 nitrogen and oxygen atoms in total. The predicted octanol–water partition coefficient (Wildman–Crippen LogP) is 4.47. The highest BCUT2D eigenvalue weighted by Crippen LogP contribution is 2.24.